The molecule has 0 radical (unpaired) electrons. The van der Waals surface area contributed by atoms with Gasteiger partial charge in [-0.3, -0.25) is 9.78 Å². The minimum atomic E-state index is -0.372. The SMILES string of the molecule is N#CCCN(Cc1cccnc1)C(=O)c1cc(-c2ccc(F)cc2)nn1-c1ccc(Cl)c(Cl)c1. The number of nitrogens with zero attached hydrogens (tertiary/aromatic N) is 5. The summed E-state index contributed by atoms with van der Waals surface area (Å²) in [5.41, 5.74) is 2.75. The van der Waals surface area contributed by atoms with E-state index in [0.29, 0.717) is 27.0 Å². The Bertz CT molecular complexity index is 1350. The van der Waals surface area contributed by atoms with Crippen molar-refractivity contribution in [2.75, 3.05) is 6.54 Å². The van der Waals surface area contributed by atoms with E-state index in [0.717, 1.165) is 5.56 Å². The van der Waals surface area contributed by atoms with E-state index in [4.69, 9.17) is 28.5 Å². The maximum atomic E-state index is 13.7. The number of hydrogen-bond donors (Lipinski definition) is 0. The van der Waals surface area contributed by atoms with Crippen LogP contribution in [0.25, 0.3) is 16.9 Å². The predicted molar refractivity (Wildman–Crippen MR) is 128 cm³/mol. The molecule has 0 aliphatic rings. The highest BCUT2D eigenvalue weighted by atomic mass is 35.5. The summed E-state index contributed by atoms with van der Waals surface area (Å²) >= 11 is 12.3. The van der Waals surface area contributed by atoms with Crippen LogP contribution in [0, 0.1) is 17.1 Å². The van der Waals surface area contributed by atoms with Crippen LogP contribution in [-0.4, -0.2) is 32.1 Å². The van der Waals surface area contributed by atoms with Crippen LogP contribution in [0.4, 0.5) is 4.39 Å². The standard InChI is InChI=1S/C25H18Cl2FN5O/c26-21-9-8-20(13-22(21)27)33-24(14-23(31-33)18-4-6-19(28)7-5-18)25(34)32(12-2-10-29)16-17-3-1-11-30-15-17/h1,3-9,11,13-15H,2,12,16H2. The molecule has 4 aromatic rings. The Balaban J connectivity index is 1.79. The molecule has 0 unspecified atom stereocenters. The molecule has 34 heavy (non-hydrogen) atoms. The van der Waals surface area contributed by atoms with Crippen molar-refractivity contribution in [3.63, 3.8) is 0 Å². The van der Waals surface area contributed by atoms with Gasteiger partial charge in [-0.2, -0.15) is 10.4 Å². The van der Waals surface area contributed by atoms with Crippen LogP contribution in [0.3, 0.4) is 0 Å². The monoisotopic (exact) mass is 493 g/mol. The number of carbonyl (C=O) groups excluding carboxylic acids is 1. The van der Waals surface area contributed by atoms with Gasteiger partial charge in [0.05, 0.1) is 33.9 Å². The van der Waals surface area contributed by atoms with Crippen molar-refractivity contribution in [2.45, 2.75) is 13.0 Å². The molecule has 9 heteroatoms. The summed E-state index contributed by atoms with van der Waals surface area (Å²) in [6.45, 7) is 0.495. The predicted octanol–water partition coefficient (Wildman–Crippen LogP) is 5.94. The fourth-order valence-electron chi connectivity index (χ4n) is 3.42. The Labute approximate surface area is 205 Å². The molecular weight excluding hydrogens is 476 g/mol. The Morgan fingerprint density at radius 2 is 1.88 bits per heavy atom. The Kier molecular flexibility index (Phi) is 7.21. The molecule has 4 rings (SSSR count). The van der Waals surface area contributed by atoms with Gasteiger partial charge in [-0.25, -0.2) is 9.07 Å². The van der Waals surface area contributed by atoms with E-state index in [1.807, 2.05) is 6.07 Å². The largest absolute Gasteiger partial charge is 0.332 e. The first-order valence-corrected chi connectivity index (χ1v) is 11.1. The summed E-state index contributed by atoms with van der Waals surface area (Å²) < 4.78 is 14.9. The molecule has 2 heterocycles. The number of nitriles is 1. The minimum Gasteiger partial charge on any atom is -0.332 e. The van der Waals surface area contributed by atoms with Crippen molar-refractivity contribution in [1.29, 1.82) is 5.26 Å². The number of halogens is 3. The summed E-state index contributed by atoms with van der Waals surface area (Å²) in [6.07, 6.45) is 3.49. The molecule has 0 bridgehead atoms. The van der Waals surface area contributed by atoms with Crippen molar-refractivity contribution >= 4 is 29.1 Å². The van der Waals surface area contributed by atoms with E-state index < -0.39 is 0 Å². The number of pyridine rings is 1. The van der Waals surface area contributed by atoms with Gasteiger partial charge < -0.3 is 4.90 Å². The number of benzene rings is 2. The highest BCUT2D eigenvalue weighted by Gasteiger charge is 2.23. The van der Waals surface area contributed by atoms with E-state index in [9.17, 15) is 9.18 Å². The second-order valence-corrected chi connectivity index (χ2v) is 8.24. The van der Waals surface area contributed by atoms with Gasteiger partial charge in [-0.15, -0.1) is 0 Å². The van der Waals surface area contributed by atoms with Gasteiger partial charge in [0.1, 0.15) is 11.5 Å². The summed E-state index contributed by atoms with van der Waals surface area (Å²) in [7, 11) is 0. The fourth-order valence-corrected chi connectivity index (χ4v) is 3.71. The first-order chi connectivity index (χ1) is 16.5. The average Bonchev–Trinajstić information content (AvgIpc) is 3.29. The number of amides is 1. The molecule has 0 atom stereocenters. The Morgan fingerprint density at radius 1 is 1.09 bits per heavy atom. The fraction of sp³-hybridized carbons (Fsp3) is 0.120. The molecule has 0 saturated heterocycles. The van der Waals surface area contributed by atoms with Crippen molar-refractivity contribution < 1.29 is 9.18 Å². The van der Waals surface area contributed by atoms with Gasteiger partial charge >= 0.3 is 0 Å². The van der Waals surface area contributed by atoms with Gasteiger partial charge in [0.15, 0.2) is 0 Å². The summed E-state index contributed by atoms with van der Waals surface area (Å²) in [4.78, 5) is 19.4. The summed E-state index contributed by atoms with van der Waals surface area (Å²) in [5, 5.41) is 14.4. The smallest absolute Gasteiger partial charge is 0.272 e. The number of rotatable bonds is 7. The van der Waals surface area contributed by atoms with Crippen molar-refractivity contribution in [3.8, 4) is 23.0 Å². The van der Waals surface area contributed by atoms with Gasteiger partial charge in [-0.05, 0) is 60.2 Å². The zero-order valence-corrected chi connectivity index (χ0v) is 19.3. The Hall–Kier alpha value is -3.73. The minimum absolute atomic E-state index is 0.164. The highest BCUT2D eigenvalue weighted by Crippen LogP contribution is 2.28. The lowest BCUT2D eigenvalue weighted by atomic mass is 10.1. The quantitative estimate of drug-likeness (QED) is 0.319. The molecule has 0 spiro atoms. The number of aromatic nitrogens is 3. The van der Waals surface area contributed by atoms with E-state index >= 15 is 0 Å². The average molecular weight is 494 g/mol. The topological polar surface area (TPSA) is 74.8 Å². The second kappa shape index (κ2) is 10.5. The third kappa shape index (κ3) is 5.25. The van der Waals surface area contributed by atoms with Gasteiger partial charge in [0.2, 0.25) is 0 Å². The third-order valence-electron chi connectivity index (χ3n) is 5.09. The molecule has 2 aromatic heterocycles. The van der Waals surface area contributed by atoms with E-state index in [2.05, 4.69) is 16.2 Å². The van der Waals surface area contributed by atoms with E-state index in [1.54, 1.807) is 59.8 Å². The molecule has 170 valence electrons. The molecule has 0 aliphatic heterocycles. The maximum Gasteiger partial charge on any atom is 0.272 e. The molecule has 0 saturated carbocycles. The normalized spacial score (nSPS) is 10.6. The molecule has 0 aliphatic carbocycles. The first kappa shape index (κ1) is 23.4. The summed E-state index contributed by atoms with van der Waals surface area (Å²) in [5.74, 6) is -0.700. The molecule has 6 nitrogen and oxygen atoms in total. The number of carbonyl (C=O) groups is 1. The van der Waals surface area contributed by atoms with E-state index in [-0.39, 0.29) is 36.9 Å². The van der Waals surface area contributed by atoms with Crippen LogP contribution in [-0.2, 0) is 6.54 Å². The van der Waals surface area contributed by atoms with Gasteiger partial charge in [-0.1, -0.05) is 29.3 Å². The Morgan fingerprint density at radius 3 is 2.56 bits per heavy atom. The first-order valence-electron chi connectivity index (χ1n) is 10.3. The van der Waals surface area contributed by atoms with Crippen molar-refractivity contribution in [3.05, 3.63) is 100 Å². The zero-order chi connectivity index (χ0) is 24.1. The molecule has 2 aromatic carbocycles. The van der Waals surface area contributed by atoms with Gasteiger partial charge in [0, 0.05) is 31.0 Å². The van der Waals surface area contributed by atoms with Gasteiger partial charge in [0.25, 0.3) is 5.91 Å². The molecule has 0 N–H and O–H groups in total. The third-order valence-corrected chi connectivity index (χ3v) is 5.83. The maximum absolute atomic E-state index is 13.7. The highest BCUT2D eigenvalue weighted by molar-refractivity contribution is 6.42. The van der Waals surface area contributed by atoms with Crippen LogP contribution in [0.15, 0.2) is 73.1 Å². The van der Waals surface area contributed by atoms with Crippen molar-refractivity contribution in [2.24, 2.45) is 0 Å². The molecular formula is C25H18Cl2FN5O. The van der Waals surface area contributed by atoms with Crippen LogP contribution in [0.1, 0.15) is 22.5 Å². The van der Waals surface area contributed by atoms with E-state index in [1.165, 1.54) is 16.8 Å². The lowest BCUT2D eigenvalue weighted by Crippen LogP contribution is -2.33. The van der Waals surface area contributed by atoms with Crippen LogP contribution in [0.2, 0.25) is 10.0 Å². The van der Waals surface area contributed by atoms with Crippen LogP contribution < -0.4 is 0 Å². The second-order valence-electron chi connectivity index (χ2n) is 7.43. The lowest BCUT2D eigenvalue weighted by molar-refractivity contribution is 0.0737. The number of hydrogen-bond acceptors (Lipinski definition) is 4. The summed E-state index contributed by atoms with van der Waals surface area (Å²) in [6, 6.07) is 18.2. The van der Waals surface area contributed by atoms with Crippen LogP contribution >= 0.6 is 23.2 Å². The molecule has 0 fully saturated rings. The molecule has 1 amide bonds. The lowest BCUT2D eigenvalue weighted by Gasteiger charge is -2.22. The van der Waals surface area contributed by atoms with Crippen molar-refractivity contribution in [1.82, 2.24) is 19.7 Å². The van der Waals surface area contributed by atoms with Crippen LogP contribution in [0.5, 0.6) is 0 Å². The zero-order valence-electron chi connectivity index (χ0n) is 17.8.